The Labute approximate surface area is 432 Å². The zero-order chi connectivity index (χ0) is 54.3. The van der Waals surface area contributed by atoms with Gasteiger partial charge in [-0.25, -0.2) is 28.9 Å². The van der Waals surface area contributed by atoms with Crippen molar-refractivity contribution in [3.8, 4) is 0 Å². The summed E-state index contributed by atoms with van der Waals surface area (Å²) in [5, 5.41) is 14.7. The van der Waals surface area contributed by atoms with Crippen LogP contribution in [0.1, 0.15) is 124 Å². The van der Waals surface area contributed by atoms with Crippen molar-refractivity contribution in [1.82, 2.24) is 15.5 Å². The molecule has 1 aliphatic rings. The number of carbonyl (C=O) groups excluding carboxylic acids is 6. The van der Waals surface area contributed by atoms with E-state index in [0.29, 0.717) is 28.7 Å². The van der Waals surface area contributed by atoms with Gasteiger partial charge >= 0.3 is 36.2 Å². The van der Waals surface area contributed by atoms with Crippen molar-refractivity contribution in [1.29, 1.82) is 0 Å². The third-order valence-electron chi connectivity index (χ3n) is 11.5. The van der Waals surface area contributed by atoms with E-state index in [1.54, 1.807) is 102 Å². The van der Waals surface area contributed by atoms with Gasteiger partial charge in [0.15, 0.2) is 0 Å². The van der Waals surface area contributed by atoms with Crippen LogP contribution in [0.5, 0.6) is 0 Å². The molecule has 3 atom stereocenters. The van der Waals surface area contributed by atoms with E-state index in [1.807, 2.05) is 82.3 Å². The summed E-state index contributed by atoms with van der Waals surface area (Å²) in [7, 11) is 0. The molecule has 392 valence electrons. The Morgan fingerprint density at radius 3 is 1.46 bits per heavy atom. The van der Waals surface area contributed by atoms with Crippen LogP contribution in [0.4, 0.5) is 14.4 Å². The van der Waals surface area contributed by atoms with Crippen LogP contribution in [0, 0.1) is 27.7 Å². The maximum Gasteiger partial charge on any atom is 0.417 e. The lowest BCUT2D eigenvalue weighted by molar-refractivity contribution is -0.138. The highest BCUT2D eigenvalue weighted by Gasteiger charge is 2.41. The minimum absolute atomic E-state index is 0.0405. The number of imide groups is 1. The Hall–Kier alpha value is -8.01. The number of carbonyl (C=O) groups is 7. The molecule has 0 spiro atoms. The smallest absolute Gasteiger partial charge is 0.417 e. The molecule has 4 amide bonds. The van der Waals surface area contributed by atoms with Crippen LogP contribution in [0.3, 0.4) is 0 Å². The monoisotopic (exact) mass is 1010 g/mol. The fourth-order valence-corrected chi connectivity index (χ4v) is 7.86. The van der Waals surface area contributed by atoms with Crippen molar-refractivity contribution in [2.24, 2.45) is 0 Å². The molecule has 0 aromatic heterocycles. The second kappa shape index (κ2) is 25.6. The van der Waals surface area contributed by atoms with E-state index in [0.717, 1.165) is 43.8 Å². The van der Waals surface area contributed by atoms with E-state index in [1.165, 1.54) is 0 Å². The number of rotatable bonds is 16. The molecule has 1 fully saturated rings. The Bertz CT molecular complexity index is 2780. The highest BCUT2D eigenvalue weighted by atomic mass is 16.6. The summed E-state index contributed by atoms with van der Waals surface area (Å²) in [5.41, 5.74) is 6.95. The molecule has 1 heterocycles. The van der Waals surface area contributed by atoms with Gasteiger partial charge in [-0.15, -0.1) is 0 Å². The number of hydrogen-bond donors (Lipinski definition) is 3. The number of nitrogens with zero attached hydrogens (tertiary/aromatic N) is 1. The number of esters is 2. The number of ether oxygens (including phenoxy) is 5. The molecule has 0 saturated carbocycles. The molecule has 0 radical (unpaired) electrons. The lowest BCUT2D eigenvalue weighted by atomic mass is 9.95. The lowest BCUT2D eigenvalue weighted by Crippen LogP contribution is -2.46. The van der Waals surface area contributed by atoms with Gasteiger partial charge in [0, 0.05) is 13.1 Å². The van der Waals surface area contributed by atoms with Crippen molar-refractivity contribution >= 4 is 42.1 Å². The van der Waals surface area contributed by atoms with E-state index in [-0.39, 0.29) is 32.9 Å². The Kier molecular flexibility index (Phi) is 19.7. The van der Waals surface area contributed by atoms with Crippen LogP contribution in [0.25, 0.3) is 0 Å². The maximum absolute atomic E-state index is 13.9. The predicted octanol–water partition coefficient (Wildman–Crippen LogP) is 10.2. The molecule has 1 aliphatic heterocycles. The third-order valence-corrected chi connectivity index (χ3v) is 11.5. The number of cyclic esters (lactones) is 1. The highest BCUT2D eigenvalue weighted by molar-refractivity contribution is 5.97. The summed E-state index contributed by atoms with van der Waals surface area (Å²) in [6.07, 6.45) is -1.63. The van der Waals surface area contributed by atoms with Crippen molar-refractivity contribution in [3.63, 3.8) is 0 Å². The lowest BCUT2D eigenvalue weighted by Gasteiger charge is -2.26. The van der Waals surface area contributed by atoms with Gasteiger partial charge < -0.3 is 39.4 Å². The first-order valence-electron chi connectivity index (χ1n) is 24.2. The van der Waals surface area contributed by atoms with Gasteiger partial charge in [-0.2, -0.15) is 0 Å². The number of amides is 4. The molecule has 1 saturated heterocycles. The van der Waals surface area contributed by atoms with Crippen LogP contribution in [0.2, 0.25) is 0 Å². The summed E-state index contributed by atoms with van der Waals surface area (Å²) in [6.45, 7) is 18.0. The molecule has 0 unspecified atom stereocenters. The van der Waals surface area contributed by atoms with Crippen LogP contribution in [0.15, 0.2) is 115 Å². The Morgan fingerprint density at radius 2 is 1.04 bits per heavy atom. The zero-order valence-electron chi connectivity index (χ0n) is 43.7. The first kappa shape index (κ1) is 56.9. The molecule has 5 aromatic rings. The number of carboxylic acids is 1. The Morgan fingerprint density at radius 1 is 0.608 bits per heavy atom. The topological polar surface area (TPSA) is 213 Å². The molecule has 0 aliphatic carbocycles. The van der Waals surface area contributed by atoms with Crippen molar-refractivity contribution < 1.29 is 62.4 Å². The predicted molar refractivity (Wildman–Crippen MR) is 277 cm³/mol. The van der Waals surface area contributed by atoms with Gasteiger partial charge in [-0.1, -0.05) is 114 Å². The number of aryl methyl sites for hydroxylation is 4. The average molecular weight is 1010 g/mol. The summed E-state index contributed by atoms with van der Waals surface area (Å²) < 4.78 is 26.7. The van der Waals surface area contributed by atoms with Crippen LogP contribution < -0.4 is 10.6 Å². The van der Waals surface area contributed by atoms with E-state index in [4.69, 9.17) is 23.7 Å². The van der Waals surface area contributed by atoms with Crippen LogP contribution in [-0.4, -0.2) is 89.0 Å². The van der Waals surface area contributed by atoms with Gasteiger partial charge in [0.1, 0.15) is 31.0 Å². The first-order chi connectivity index (χ1) is 34.9. The van der Waals surface area contributed by atoms with E-state index >= 15 is 0 Å². The number of carboxylic acid groups (broad SMARTS) is 1. The molecule has 3 N–H and O–H groups in total. The fraction of sp³-hybridized carbons (Fsp3) is 0.362. The van der Waals surface area contributed by atoms with Gasteiger partial charge in [0.05, 0.1) is 29.0 Å². The standard InChI is InChI=1S/C34H38N2O7.C24H29NO6/c1-22-11-16-28(23(2)17-22)31(38)41-20-25-12-14-26(15-13-25)29(19-35-32(39)43-34(3,4)5)30(37)36-27(21-42-33(36)40)18-24-9-7-6-8-10-24;1-15-6-11-19(16(2)12-15)22(28)30-14-17-7-9-18(10-8-17)20(21(26)27)13-25-23(29)31-24(3,4)5/h6-17,27,29H,18-21H2,1-5H3,(H,35,39);6-12,20H,13-14H2,1-5H3,(H,25,29)(H,26,27)/t27-,29-;20-/m11/s1. The molecule has 5 aromatic carbocycles. The molecule has 16 heteroatoms. The second-order valence-electron chi connectivity index (χ2n) is 20.1. The Balaban J connectivity index is 0.000000290. The third kappa shape index (κ3) is 17.3. The highest BCUT2D eigenvalue weighted by Crippen LogP contribution is 2.27. The molecule has 16 nitrogen and oxygen atoms in total. The van der Waals surface area contributed by atoms with Crippen molar-refractivity contribution in [2.75, 3.05) is 19.7 Å². The summed E-state index contributed by atoms with van der Waals surface area (Å²) >= 11 is 0. The summed E-state index contributed by atoms with van der Waals surface area (Å²) in [4.78, 5) is 88.7. The number of aliphatic carboxylic acids is 1. The quantitative estimate of drug-likeness (QED) is 0.0621. The van der Waals surface area contributed by atoms with E-state index in [2.05, 4.69) is 10.6 Å². The van der Waals surface area contributed by atoms with Crippen LogP contribution in [-0.2, 0) is 52.9 Å². The molecular formula is C58H67N3O13. The van der Waals surface area contributed by atoms with Gasteiger partial charge in [-0.3, -0.25) is 9.59 Å². The number of nitrogens with one attached hydrogen (secondary N) is 2. The second-order valence-corrected chi connectivity index (χ2v) is 20.1. The summed E-state index contributed by atoms with van der Waals surface area (Å²) in [6, 6.07) is 33.8. The number of benzene rings is 5. The zero-order valence-corrected chi connectivity index (χ0v) is 43.7. The minimum Gasteiger partial charge on any atom is -0.481 e. The average Bonchev–Trinajstić information content (AvgIpc) is 3.68. The normalized spacial score (nSPS) is 14.0. The molecule has 74 heavy (non-hydrogen) atoms. The van der Waals surface area contributed by atoms with Crippen molar-refractivity contribution in [2.45, 2.75) is 118 Å². The van der Waals surface area contributed by atoms with Gasteiger partial charge in [0.2, 0.25) is 5.91 Å². The molecule has 6 rings (SSSR count). The largest absolute Gasteiger partial charge is 0.481 e. The fourth-order valence-electron chi connectivity index (χ4n) is 7.86. The SMILES string of the molecule is Cc1ccc(C(=O)OCc2ccc([C@@H](CNC(=O)OC(C)(C)C)C(=O)N3C(=O)OC[C@H]3Cc3ccccc3)cc2)c(C)c1.Cc1ccc(C(=O)OCc2ccc([C@@H](CNC(=O)OC(C)(C)C)C(=O)O)cc2)c(C)c1. The van der Waals surface area contributed by atoms with E-state index < -0.39 is 71.2 Å². The van der Waals surface area contributed by atoms with Crippen LogP contribution >= 0.6 is 0 Å². The molecular weight excluding hydrogens is 947 g/mol. The van der Waals surface area contributed by atoms with Crippen molar-refractivity contribution in [3.05, 3.63) is 176 Å². The molecule has 0 bridgehead atoms. The first-order valence-corrected chi connectivity index (χ1v) is 24.2. The summed E-state index contributed by atoms with van der Waals surface area (Å²) in [5.74, 6) is -4.22. The van der Waals surface area contributed by atoms with Gasteiger partial charge in [0.25, 0.3) is 0 Å². The minimum atomic E-state index is -1.06. The van der Waals surface area contributed by atoms with Gasteiger partial charge in [-0.05, 0) is 127 Å². The maximum atomic E-state index is 13.9. The number of hydrogen-bond acceptors (Lipinski definition) is 12. The number of alkyl carbamates (subject to hydrolysis) is 2. The van der Waals surface area contributed by atoms with E-state index in [9.17, 15) is 38.7 Å².